The molecule has 10 heteroatoms. The number of aliphatic imine (C=N–C) groups is 1. The molecule has 1 aliphatic rings. The van der Waals surface area contributed by atoms with E-state index in [1.54, 1.807) is 29.6 Å². The number of likely N-dealkylation sites (tertiary alicyclic amines) is 1. The first kappa shape index (κ1) is 47.3. The normalized spacial score (nSPS) is 12.5. The van der Waals surface area contributed by atoms with Crippen molar-refractivity contribution < 1.29 is 19.1 Å². The minimum absolute atomic E-state index is 0.0750. The van der Waals surface area contributed by atoms with E-state index in [0.29, 0.717) is 24.7 Å². The molecule has 1 aromatic rings. The van der Waals surface area contributed by atoms with Crippen molar-refractivity contribution in [3.05, 3.63) is 83.2 Å². The van der Waals surface area contributed by atoms with E-state index in [0.717, 1.165) is 36.0 Å². The number of nitrogens with zero attached hydrogens (tertiary/aromatic N) is 3. The van der Waals surface area contributed by atoms with Crippen molar-refractivity contribution in [3.8, 4) is 0 Å². The van der Waals surface area contributed by atoms with Gasteiger partial charge in [-0.25, -0.2) is 9.79 Å². The van der Waals surface area contributed by atoms with Gasteiger partial charge >= 0.3 is 6.09 Å². The summed E-state index contributed by atoms with van der Waals surface area (Å²) in [5.41, 5.74) is 11.9. The van der Waals surface area contributed by atoms with Crippen LogP contribution < -0.4 is 11.1 Å². The molecule has 1 heterocycles. The van der Waals surface area contributed by atoms with Crippen LogP contribution in [0.25, 0.3) is 11.1 Å². The maximum absolute atomic E-state index is 12.2. The van der Waals surface area contributed by atoms with Crippen molar-refractivity contribution in [2.75, 3.05) is 40.3 Å². The second-order valence-electron chi connectivity index (χ2n) is 11.9. The van der Waals surface area contributed by atoms with Crippen LogP contribution in [0.1, 0.15) is 92.7 Å². The van der Waals surface area contributed by atoms with Crippen LogP contribution >= 0.6 is 11.6 Å². The van der Waals surface area contributed by atoms with Crippen molar-refractivity contribution in [1.82, 2.24) is 15.1 Å². The Bertz CT molecular complexity index is 1250. The minimum Gasteiger partial charge on any atom is -0.447 e. The van der Waals surface area contributed by atoms with Gasteiger partial charge in [-0.05, 0) is 109 Å². The number of rotatable bonds is 12. The maximum atomic E-state index is 12.2. The topological polar surface area (TPSA) is 109 Å². The van der Waals surface area contributed by atoms with Gasteiger partial charge in [-0.15, -0.1) is 0 Å². The fourth-order valence-corrected chi connectivity index (χ4v) is 4.31. The lowest BCUT2D eigenvalue weighted by Crippen LogP contribution is -2.38. The molecule has 0 saturated carbocycles. The van der Waals surface area contributed by atoms with E-state index < -0.39 is 0 Å². The van der Waals surface area contributed by atoms with Crippen LogP contribution in [0.2, 0.25) is 5.02 Å². The van der Waals surface area contributed by atoms with Gasteiger partial charge in [0.05, 0.1) is 18.5 Å². The van der Waals surface area contributed by atoms with Crippen molar-refractivity contribution >= 4 is 41.1 Å². The first-order valence-corrected chi connectivity index (χ1v) is 17.3. The second kappa shape index (κ2) is 28.1. The Hall–Kier alpha value is -3.82. The number of nitrogens with two attached hydrogens (primary N) is 1. The first-order valence-electron chi connectivity index (χ1n) is 16.9. The van der Waals surface area contributed by atoms with Crippen LogP contribution in [-0.2, 0) is 14.3 Å². The fraction of sp³-hybridized carbons (Fsp3) is 0.513. The number of hydrogen-bond acceptors (Lipinski definition) is 6. The highest BCUT2D eigenvalue weighted by Gasteiger charge is 2.24. The predicted octanol–water partition coefficient (Wildman–Crippen LogP) is 8.87. The van der Waals surface area contributed by atoms with E-state index in [1.165, 1.54) is 22.9 Å². The van der Waals surface area contributed by atoms with E-state index >= 15 is 0 Å². The summed E-state index contributed by atoms with van der Waals surface area (Å²) in [5, 5.41) is 3.40. The molecule has 2 amide bonds. The largest absolute Gasteiger partial charge is 0.447 e. The lowest BCUT2D eigenvalue weighted by molar-refractivity contribution is -0.126. The van der Waals surface area contributed by atoms with Gasteiger partial charge in [0.1, 0.15) is 6.61 Å². The van der Waals surface area contributed by atoms with Gasteiger partial charge in [-0.3, -0.25) is 4.79 Å². The summed E-state index contributed by atoms with van der Waals surface area (Å²) in [5.74, 6) is -0.116. The molecule has 276 valence electrons. The van der Waals surface area contributed by atoms with Crippen molar-refractivity contribution in [2.45, 2.75) is 93.8 Å². The number of ether oxygens (including phenoxy) is 2. The summed E-state index contributed by atoms with van der Waals surface area (Å²) in [7, 11) is 3.78. The molecule has 0 radical (unpaired) electrons. The first-order chi connectivity index (χ1) is 23.1. The number of amides is 2. The van der Waals surface area contributed by atoms with Gasteiger partial charge in [-0.1, -0.05) is 67.5 Å². The van der Waals surface area contributed by atoms with Crippen molar-refractivity contribution in [2.24, 2.45) is 10.7 Å². The van der Waals surface area contributed by atoms with Crippen molar-refractivity contribution in [1.29, 1.82) is 0 Å². The zero-order chi connectivity index (χ0) is 37.9. The zero-order valence-electron chi connectivity index (χ0n) is 32.1. The predicted molar refractivity (Wildman–Crippen MR) is 211 cm³/mol. The van der Waals surface area contributed by atoms with Crippen LogP contribution in [0.3, 0.4) is 0 Å². The number of piperidine rings is 1. The van der Waals surface area contributed by atoms with E-state index in [-0.39, 0.29) is 30.8 Å². The molecule has 0 atom stereocenters. The standard InChI is InChI=1S/C23H30ClNO2.C11H21N3O2.C3H7N.C2H6/c1-15(2)13-22(20-8-7-19(24)14-21(20)16(3)4)18-9-11-25(12-10-18)23(26)27-17(5)6;1-10(2)16-8-11(15)13-7-5-6-12-9-14(3)4;1-2-3-4;1-2/h7-8,14,17H,1,3,9-13H2,2,4-6H3;5-6,9-10H,7-8H2,1-4H3,(H,13,15);2-3H,4H2,1H3;1-2H3/b;6-5+,12-9?;3-2-;. The monoisotopic (exact) mass is 701 g/mol. The number of carbonyl (C=O) groups excluding carboxylic acids is 2. The van der Waals surface area contributed by atoms with Crippen LogP contribution in [-0.4, -0.2) is 80.7 Å². The Labute approximate surface area is 302 Å². The summed E-state index contributed by atoms with van der Waals surface area (Å²) in [6, 6.07) is 5.99. The van der Waals surface area contributed by atoms with E-state index in [9.17, 15) is 9.59 Å². The van der Waals surface area contributed by atoms with Crippen LogP contribution in [0.15, 0.2) is 72.0 Å². The van der Waals surface area contributed by atoms with E-state index in [2.05, 4.69) is 29.5 Å². The highest BCUT2D eigenvalue weighted by Crippen LogP contribution is 2.36. The number of allylic oxidation sites excluding steroid dienone is 4. The number of hydrogen-bond donors (Lipinski definition) is 2. The lowest BCUT2D eigenvalue weighted by Gasteiger charge is -2.30. The van der Waals surface area contributed by atoms with Crippen LogP contribution in [0.4, 0.5) is 4.79 Å². The summed E-state index contributed by atoms with van der Waals surface area (Å²) < 4.78 is 10.5. The lowest BCUT2D eigenvalue weighted by atomic mass is 9.86. The van der Waals surface area contributed by atoms with Crippen molar-refractivity contribution in [3.63, 3.8) is 0 Å². The maximum Gasteiger partial charge on any atom is 0.410 e. The number of nitrogens with one attached hydrogen (secondary N) is 1. The Kier molecular flexibility index (Phi) is 27.1. The Morgan fingerprint density at radius 2 is 1.67 bits per heavy atom. The molecule has 49 heavy (non-hydrogen) atoms. The molecular weight excluding hydrogens is 638 g/mol. The molecule has 0 aliphatic carbocycles. The molecule has 9 nitrogen and oxygen atoms in total. The third-order valence-electron chi connectivity index (χ3n) is 6.28. The number of halogens is 1. The van der Waals surface area contributed by atoms with Crippen LogP contribution in [0.5, 0.6) is 0 Å². The molecule has 0 unspecified atom stereocenters. The summed E-state index contributed by atoms with van der Waals surface area (Å²) in [6.45, 7) is 27.6. The SMILES string of the molecule is C/C=C\N.C=C(C)CC(=C1CCN(C(=O)OC(C)C)CC1)c1ccc(Cl)cc1C(=C)C.CC.CC(C)OCC(=O)NC/C=C/N=CN(C)C. The molecule has 3 N–H and O–H groups in total. The molecule has 1 aromatic carbocycles. The molecule has 0 bridgehead atoms. The quantitative estimate of drug-likeness (QED) is 0.128. The number of benzene rings is 1. The van der Waals surface area contributed by atoms with Gasteiger partial charge < -0.3 is 30.3 Å². The molecule has 1 saturated heterocycles. The molecule has 0 aromatic heterocycles. The van der Waals surface area contributed by atoms with Gasteiger partial charge in [0, 0.05) is 45.0 Å². The highest BCUT2D eigenvalue weighted by atomic mass is 35.5. The third-order valence-corrected chi connectivity index (χ3v) is 6.52. The molecule has 2 rings (SSSR count). The molecule has 1 aliphatic heterocycles. The summed E-state index contributed by atoms with van der Waals surface area (Å²) in [6.07, 6.45) is 10.6. The fourth-order valence-electron chi connectivity index (χ4n) is 4.13. The Morgan fingerprint density at radius 3 is 2.14 bits per heavy atom. The average Bonchev–Trinajstić information content (AvgIpc) is 3.05. The summed E-state index contributed by atoms with van der Waals surface area (Å²) in [4.78, 5) is 30.9. The third kappa shape index (κ3) is 23.2. The van der Waals surface area contributed by atoms with Crippen LogP contribution in [0, 0.1) is 0 Å². The molecular formula is C39H64ClN5O4. The number of carbonyl (C=O) groups is 2. The van der Waals surface area contributed by atoms with Gasteiger partial charge in [0.15, 0.2) is 0 Å². The molecule has 0 spiro atoms. The van der Waals surface area contributed by atoms with Gasteiger partial charge in [0.2, 0.25) is 5.91 Å². The smallest absolute Gasteiger partial charge is 0.410 e. The Balaban J connectivity index is 0. The van der Waals surface area contributed by atoms with E-state index in [1.807, 2.05) is 93.4 Å². The van der Waals surface area contributed by atoms with E-state index in [4.69, 9.17) is 26.8 Å². The Morgan fingerprint density at radius 1 is 1.08 bits per heavy atom. The average molecular weight is 702 g/mol. The zero-order valence-corrected chi connectivity index (χ0v) is 32.8. The van der Waals surface area contributed by atoms with Gasteiger partial charge in [0.25, 0.3) is 0 Å². The highest BCUT2D eigenvalue weighted by molar-refractivity contribution is 6.30. The summed E-state index contributed by atoms with van der Waals surface area (Å²) >= 11 is 6.22. The van der Waals surface area contributed by atoms with Gasteiger partial charge in [-0.2, -0.15) is 0 Å². The minimum atomic E-state index is -0.223. The second-order valence-corrected chi connectivity index (χ2v) is 12.3. The molecule has 1 fully saturated rings.